The van der Waals surface area contributed by atoms with Crippen molar-refractivity contribution >= 4 is 12.3 Å². The van der Waals surface area contributed by atoms with E-state index in [9.17, 15) is 24.9 Å². The number of carbonyl (C=O) groups is 2. The summed E-state index contributed by atoms with van der Waals surface area (Å²) in [4.78, 5) is 20.9. The van der Waals surface area contributed by atoms with Gasteiger partial charge in [0.15, 0.2) is 25.2 Å². The molecule has 0 spiro atoms. The third-order valence-corrected chi connectivity index (χ3v) is 7.79. The lowest BCUT2D eigenvalue weighted by Gasteiger charge is -2.33. The smallest absolute Gasteiger partial charge is 0.361 e. The third kappa shape index (κ3) is 9.88. The number of hydrogen-bond donors (Lipinski definition) is 4. The van der Waals surface area contributed by atoms with Gasteiger partial charge in [-0.1, -0.05) is 27.4 Å². The predicted octanol–water partition coefficient (Wildman–Crippen LogP) is -0.749. The maximum Gasteiger partial charge on any atom is 0.361 e. The fourth-order valence-electron chi connectivity index (χ4n) is 5.55. The molecule has 0 bridgehead atoms. The van der Waals surface area contributed by atoms with Gasteiger partial charge >= 0.3 is 5.97 Å². The topological polar surface area (TPSA) is 226 Å². The van der Waals surface area contributed by atoms with Crippen molar-refractivity contribution in [3.8, 4) is 0 Å². The fourth-order valence-corrected chi connectivity index (χ4v) is 5.55. The van der Waals surface area contributed by atoms with Crippen molar-refractivity contribution < 1.29 is 86.9 Å². The summed E-state index contributed by atoms with van der Waals surface area (Å²) in [7, 11) is 2.91. The highest BCUT2D eigenvalue weighted by molar-refractivity contribution is 5.71. The highest BCUT2D eigenvalue weighted by Crippen LogP contribution is 2.34. The molecule has 15 unspecified atom stereocenters. The van der Waals surface area contributed by atoms with Crippen LogP contribution in [0.2, 0.25) is 0 Å². The van der Waals surface area contributed by atoms with Crippen LogP contribution in [0.5, 0.6) is 0 Å². The van der Waals surface area contributed by atoms with E-state index in [0.717, 1.165) is 6.29 Å². The van der Waals surface area contributed by atoms with Crippen LogP contribution in [0.3, 0.4) is 0 Å². The Hall–Kier alpha value is -1.88. The summed E-state index contributed by atoms with van der Waals surface area (Å²) >= 11 is 0. The molecular formula is C30H50O18. The van der Waals surface area contributed by atoms with Crippen molar-refractivity contribution in [3.05, 3.63) is 12.3 Å². The number of methoxy groups -OCH3 is 2. The summed E-state index contributed by atoms with van der Waals surface area (Å²) < 4.78 is 62.9. The Bertz CT molecular complexity index is 983. The summed E-state index contributed by atoms with van der Waals surface area (Å²) in [6.45, 7) is 12.8. The molecule has 6 aliphatic rings. The molecule has 6 saturated heterocycles. The summed E-state index contributed by atoms with van der Waals surface area (Å²) in [5.41, 5.74) is 0. The highest BCUT2D eigenvalue weighted by Gasteiger charge is 2.52. The number of carboxylic acids is 1. The Balaban J connectivity index is 0.000000190. The van der Waals surface area contributed by atoms with Gasteiger partial charge in [0.25, 0.3) is 6.29 Å². The molecule has 4 N–H and O–H groups in total. The number of aliphatic carboxylic acids is 1. The monoisotopic (exact) mass is 698 g/mol. The summed E-state index contributed by atoms with van der Waals surface area (Å²) in [6, 6.07) is 0. The van der Waals surface area contributed by atoms with E-state index in [2.05, 4.69) is 6.58 Å². The van der Waals surface area contributed by atoms with Gasteiger partial charge in [0.1, 0.15) is 54.8 Å². The van der Waals surface area contributed by atoms with E-state index in [0.29, 0.717) is 19.0 Å². The minimum absolute atomic E-state index is 0.0371. The van der Waals surface area contributed by atoms with Crippen molar-refractivity contribution in [2.45, 2.75) is 121 Å². The van der Waals surface area contributed by atoms with Crippen LogP contribution in [-0.2, 0) is 66.4 Å². The molecule has 18 nitrogen and oxygen atoms in total. The Morgan fingerprint density at radius 2 is 1.27 bits per heavy atom. The van der Waals surface area contributed by atoms with Gasteiger partial charge in [-0.25, -0.2) is 4.79 Å². The zero-order valence-electron chi connectivity index (χ0n) is 28.0. The summed E-state index contributed by atoms with van der Waals surface area (Å²) in [6.07, 6.45) is -8.51. The molecule has 6 heterocycles. The number of ether oxygens (including phenoxy) is 12. The second-order valence-electron chi connectivity index (χ2n) is 11.0. The number of fused-ring (bicyclic) bond motifs is 3. The van der Waals surface area contributed by atoms with Gasteiger partial charge in [-0.2, -0.15) is 0 Å². The maximum absolute atomic E-state index is 10.6. The van der Waals surface area contributed by atoms with Crippen molar-refractivity contribution in [2.75, 3.05) is 40.6 Å². The first-order valence-corrected chi connectivity index (χ1v) is 15.9. The van der Waals surface area contributed by atoms with E-state index in [1.807, 2.05) is 27.7 Å². The van der Waals surface area contributed by atoms with Crippen LogP contribution in [0, 0.1) is 5.92 Å². The lowest BCUT2D eigenvalue weighted by molar-refractivity contribution is -0.235. The molecule has 15 atom stereocenters. The van der Waals surface area contributed by atoms with Crippen LogP contribution in [-0.4, -0.2) is 160 Å². The third-order valence-electron chi connectivity index (χ3n) is 7.79. The number of rotatable bonds is 8. The largest absolute Gasteiger partial charge is 0.493 e. The van der Waals surface area contributed by atoms with Gasteiger partial charge in [0.2, 0.25) is 6.29 Å². The Labute approximate surface area is 278 Å². The Kier molecular flexibility index (Phi) is 16.5. The van der Waals surface area contributed by atoms with E-state index < -0.39 is 86.4 Å². The van der Waals surface area contributed by atoms with Crippen LogP contribution < -0.4 is 0 Å². The maximum atomic E-state index is 10.6. The predicted molar refractivity (Wildman–Crippen MR) is 158 cm³/mol. The molecular weight excluding hydrogens is 648 g/mol. The molecule has 0 radical (unpaired) electrons. The second-order valence-corrected chi connectivity index (χ2v) is 11.0. The molecule has 0 aromatic heterocycles. The molecule has 48 heavy (non-hydrogen) atoms. The Morgan fingerprint density at radius 3 is 1.79 bits per heavy atom. The molecule has 0 saturated carbocycles. The van der Waals surface area contributed by atoms with Gasteiger partial charge in [-0.3, -0.25) is 0 Å². The zero-order valence-corrected chi connectivity index (χ0v) is 28.0. The lowest BCUT2D eigenvalue weighted by atomic mass is 9.98. The first-order chi connectivity index (χ1) is 23.0. The molecule has 0 amide bonds. The molecule has 6 aliphatic heterocycles. The van der Waals surface area contributed by atoms with Crippen molar-refractivity contribution in [1.82, 2.24) is 0 Å². The van der Waals surface area contributed by atoms with Gasteiger partial charge in [-0.15, -0.1) is 0 Å². The zero-order chi connectivity index (χ0) is 35.5. The van der Waals surface area contributed by atoms with E-state index in [-0.39, 0.29) is 31.7 Å². The summed E-state index contributed by atoms with van der Waals surface area (Å²) in [5.74, 6) is -0.601. The molecule has 6 fully saturated rings. The minimum atomic E-state index is -1.37. The second kappa shape index (κ2) is 19.5. The van der Waals surface area contributed by atoms with Gasteiger partial charge in [0, 0.05) is 20.1 Å². The van der Waals surface area contributed by atoms with Crippen molar-refractivity contribution in [3.63, 3.8) is 0 Å². The Morgan fingerprint density at radius 1 is 0.771 bits per heavy atom. The molecule has 6 rings (SSSR count). The first kappa shape index (κ1) is 40.5. The van der Waals surface area contributed by atoms with Crippen LogP contribution >= 0.6 is 0 Å². The minimum Gasteiger partial charge on any atom is -0.493 e. The standard InChI is InChI=1S/C11H18O5.C9H14O6.C8H12O7.C2H6/c1-4-13-7(3)11-15-8-6(2)5-14-10(12)9(8)16-11;1-12-9-8-7(5(11)4-13-9)14-6(15-8)2-3-10;1-12-7-5-4(3(9)2-13-7)14-8(15-5)6(10)11;1-2/h6,8-12H,3-5H2,1-2H3;3,5-9,11H,2,4H2,1H3;3-5,7-9H,2H2,1H3,(H,10,11);1-2H3. The average Bonchev–Trinajstić information content (AvgIpc) is 3.84. The summed E-state index contributed by atoms with van der Waals surface area (Å²) in [5, 5.41) is 37.4. The van der Waals surface area contributed by atoms with Crippen LogP contribution in [0.25, 0.3) is 0 Å². The molecule has 278 valence electrons. The lowest BCUT2D eigenvalue weighted by Crippen LogP contribution is -2.51. The number of aliphatic hydroxyl groups excluding tert-OH is 3. The molecule has 0 aromatic rings. The fraction of sp³-hybridized carbons (Fsp3) is 0.867. The molecule has 18 heteroatoms. The number of hydrogen-bond acceptors (Lipinski definition) is 17. The van der Waals surface area contributed by atoms with Gasteiger partial charge in [-0.05, 0) is 6.92 Å². The SMILES string of the molecule is C=C(OCC)C1OC2C(C)COC(O)C2O1.CC.COC1OCC(O)C2OC(C(=O)O)OC12.COC1OCC(O)C2OC(CC=O)OC12. The normalized spacial score (nSPS) is 42.6. The average molecular weight is 699 g/mol. The van der Waals surface area contributed by atoms with Gasteiger partial charge < -0.3 is 82.1 Å². The highest BCUT2D eigenvalue weighted by atomic mass is 16.8. The number of carboxylic acid groups (broad SMARTS) is 1. The van der Waals surface area contributed by atoms with Crippen molar-refractivity contribution in [2.24, 2.45) is 5.92 Å². The molecule has 0 aromatic carbocycles. The van der Waals surface area contributed by atoms with E-state index >= 15 is 0 Å². The van der Waals surface area contributed by atoms with Crippen LogP contribution in [0.1, 0.15) is 34.1 Å². The first-order valence-electron chi connectivity index (χ1n) is 15.9. The van der Waals surface area contributed by atoms with Crippen molar-refractivity contribution in [1.29, 1.82) is 0 Å². The number of aliphatic hydroxyl groups is 3. The van der Waals surface area contributed by atoms with E-state index in [4.69, 9.17) is 61.9 Å². The number of carbonyl (C=O) groups excluding carboxylic acids is 1. The van der Waals surface area contributed by atoms with Crippen LogP contribution in [0.15, 0.2) is 12.3 Å². The molecule has 0 aliphatic carbocycles. The van der Waals surface area contributed by atoms with E-state index in [1.165, 1.54) is 14.2 Å². The van der Waals surface area contributed by atoms with Crippen LogP contribution in [0.4, 0.5) is 0 Å². The quantitative estimate of drug-likeness (QED) is 0.181. The van der Waals surface area contributed by atoms with E-state index in [1.54, 1.807) is 0 Å². The van der Waals surface area contributed by atoms with Gasteiger partial charge in [0.05, 0.1) is 39.0 Å². The number of aldehydes is 1.